The molecule has 4 aliphatic carbocycles. The van der Waals surface area contributed by atoms with Crippen LogP contribution in [0.5, 0.6) is 0 Å². The number of aromatic nitrogens is 4. The van der Waals surface area contributed by atoms with Crippen LogP contribution in [0.2, 0.25) is 5.02 Å². The normalized spacial score (nSPS) is 26.6. The van der Waals surface area contributed by atoms with Gasteiger partial charge in [-0.15, -0.1) is 0 Å². The number of anilines is 2. The number of aliphatic carboxylic acids is 1. The Bertz CT molecular complexity index is 2530. The highest BCUT2D eigenvalue weighted by Crippen LogP contribution is 2.63. The van der Waals surface area contributed by atoms with Crippen molar-refractivity contribution >= 4 is 47.0 Å². The second-order valence-electron chi connectivity index (χ2n) is 20.3. The van der Waals surface area contributed by atoms with Crippen molar-refractivity contribution in [3.63, 3.8) is 0 Å². The fraction of sp³-hybridized carbons (Fsp3) is 0.560. The lowest BCUT2D eigenvalue weighted by molar-refractivity contribution is -0.148. The van der Waals surface area contributed by atoms with E-state index in [1.165, 1.54) is 6.29 Å². The molecule has 4 saturated carbocycles. The van der Waals surface area contributed by atoms with Crippen LogP contribution >= 0.6 is 11.6 Å². The van der Waals surface area contributed by atoms with Crippen molar-refractivity contribution in [2.75, 3.05) is 43.9 Å². The van der Waals surface area contributed by atoms with Crippen LogP contribution in [-0.2, 0) is 49.6 Å². The summed E-state index contributed by atoms with van der Waals surface area (Å²) in [5.74, 6) is -0.533. The van der Waals surface area contributed by atoms with E-state index in [1.807, 2.05) is 60.5 Å². The zero-order valence-electron chi connectivity index (χ0n) is 38.3. The molecule has 0 saturated heterocycles. The third-order valence-corrected chi connectivity index (χ3v) is 17.2. The van der Waals surface area contributed by atoms with Gasteiger partial charge in [0.2, 0.25) is 0 Å². The Balaban J connectivity index is 0.00000263. The molecule has 65 heavy (non-hydrogen) atoms. The van der Waals surface area contributed by atoms with E-state index in [2.05, 4.69) is 20.4 Å². The molecular formula is C50H63ClN8O6. The summed E-state index contributed by atoms with van der Waals surface area (Å²) in [5, 5.41) is 23.4. The number of imidazole rings is 2. The highest BCUT2D eigenvalue weighted by atomic mass is 35.5. The minimum atomic E-state index is -0.621. The molecule has 2 aromatic carbocycles. The average molecular weight is 908 g/mol. The van der Waals surface area contributed by atoms with E-state index < -0.39 is 11.4 Å². The Kier molecular flexibility index (Phi) is 12.1. The number of aliphatic hydroxyl groups is 1. The summed E-state index contributed by atoms with van der Waals surface area (Å²) in [6.07, 6.45) is 14.8. The van der Waals surface area contributed by atoms with Crippen molar-refractivity contribution in [1.82, 2.24) is 28.9 Å². The molecule has 6 aliphatic rings. The summed E-state index contributed by atoms with van der Waals surface area (Å²) in [5.41, 5.74) is 7.37. The molecule has 15 heteroatoms. The van der Waals surface area contributed by atoms with Crippen molar-refractivity contribution in [1.29, 1.82) is 0 Å². The predicted molar refractivity (Wildman–Crippen MR) is 249 cm³/mol. The van der Waals surface area contributed by atoms with Crippen LogP contribution in [0.1, 0.15) is 127 Å². The Morgan fingerprint density at radius 3 is 1.72 bits per heavy atom. The van der Waals surface area contributed by atoms with Gasteiger partial charge in [-0.3, -0.25) is 24.2 Å². The summed E-state index contributed by atoms with van der Waals surface area (Å²) in [6, 6.07) is 11.3. The quantitative estimate of drug-likeness (QED) is 0.0980. The summed E-state index contributed by atoms with van der Waals surface area (Å²) in [4.78, 5) is 66.1. The Hall–Kier alpha value is -4.89. The first-order chi connectivity index (χ1) is 31.2. The van der Waals surface area contributed by atoms with Gasteiger partial charge in [0.15, 0.2) is 11.6 Å². The Morgan fingerprint density at radius 2 is 1.22 bits per heavy atom. The molecule has 2 aliphatic heterocycles. The first kappa shape index (κ1) is 45.3. The zero-order valence-corrected chi connectivity index (χ0v) is 39.0. The maximum atomic E-state index is 13.9. The van der Waals surface area contributed by atoms with Crippen LogP contribution < -0.4 is 10.6 Å². The number of carboxylic acids is 1. The minimum absolute atomic E-state index is 0.0681. The summed E-state index contributed by atoms with van der Waals surface area (Å²) < 4.78 is 3.83. The van der Waals surface area contributed by atoms with E-state index in [4.69, 9.17) is 26.7 Å². The van der Waals surface area contributed by atoms with E-state index in [9.17, 15) is 24.3 Å². The number of nitrogens with zero attached hydrogens (tertiary/aromatic N) is 6. The lowest BCUT2D eigenvalue weighted by Crippen LogP contribution is -2.34. The van der Waals surface area contributed by atoms with Crippen LogP contribution in [-0.4, -0.2) is 96.5 Å². The predicted octanol–water partition coefficient (Wildman–Crippen LogP) is 7.58. The number of nitrogens with one attached hydrogen (secondary N) is 2. The number of aliphatic hydroxyl groups excluding tert-OH is 1. The maximum absolute atomic E-state index is 13.9. The van der Waals surface area contributed by atoms with Crippen molar-refractivity contribution in [2.45, 2.75) is 110 Å². The molecule has 4 heterocycles. The van der Waals surface area contributed by atoms with Crippen LogP contribution in [0.3, 0.4) is 0 Å². The zero-order chi connectivity index (χ0) is 45.9. The molecule has 346 valence electrons. The number of halogens is 1. The summed E-state index contributed by atoms with van der Waals surface area (Å²) >= 11 is 7.08. The highest BCUT2D eigenvalue weighted by Gasteiger charge is 2.58. The third kappa shape index (κ3) is 8.12. The van der Waals surface area contributed by atoms with Gasteiger partial charge in [-0.05, 0) is 131 Å². The smallest absolute Gasteiger partial charge is 0.309 e. The van der Waals surface area contributed by atoms with Crippen LogP contribution in [0.15, 0.2) is 36.4 Å². The van der Waals surface area contributed by atoms with Crippen LogP contribution in [0.4, 0.5) is 11.4 Å². The van der Waals surface area contributed by atoms with Crippen molar-refractivity contribution in [3.05, 3.63) is 81.4 Å². The number of rotatable bonds is 13. The Labute approximate surface area is 386 Å². The summed E-state index contributed by atoms with van der Waals surface area (Å²) in [6.45, 7) is 7.00. The van der Waals surface area contributed by atoms with Gasteiger partial charge in [0.25, 0.3) is 11.8 Å². The molecule has 4 aromatic rings. The molecule has 0 spiro atoms. The fourth-order valence-electron chi connectivity index (χ4n) is 12.8. The summed E-state index contributed by atoms with van der Waals surface area (Å²) in [7, 11) is 4.81. The molecule has 4 N–H and O–H groups in total. The third-order valence-electron chi connectivity index (χ3n) is 16.8. The minimum Gasteiger partial charge on any atom is -0.481 e. The van der Waals surface area contributed by atoms with Gasteiger partial charge in [0, 0.05) is 88.3 Å². The second kappa shape index (κ2) is 17.4. The van der Waals surface area contributed by atoms with Crippen LogP contribution in [0, 0.1) is 28.6 Å². The Morgan fingerprint density at radius 1 is 0.723 bits per heavy atom. The number of carbonyl (C=O) groups excluding carboxylic acids is 3. The molecule has 0 atom stereocenters. The molecule has 2 amide bonds. The molecular weight excluding hydrogens is 844 g/mol. The van der Waals surface area contributed by atoms with Gasteiger partial charge < -0.3 is 34.8 Å². The maximum Gasteiger partial charge on any atom is 0.309 e. The van der Waals surface area contributed by atoms with E-state index in [1.54, 1.807) is 6.07 Å². The second-order valence-corrected chi connectivity index (χ2v) is 20.7. The number of hydrogen-bond acceptors (Lipinski definition) is 9. The molecule has 4 bridgehead atoms. The number of aldehydes is 1. The SMILES string of the molecule is CO.Cc1c(NC(=O)c2nc3c(n2C)CCN(CCC24CCC(C(=O)O)(CC2)C4)C3)cccc1-c1cccc(NC(=O)c2nc3c(n2C)CCN(CCC24CCC(C=O)(CC2)C4)C3)c1Cl. The van der Waals surface area contributed by atoms with E-state index in [-0.39, 0.29) is 22.6 Å². The van der Waals surface area contributed by atoms with E-state index in [0.29, 0.717) is 46.6 Å². The topological polar surface area (TPSA) is 175 Å². The molecule has 0 unspecified atom stereocenters. The first-order valence-corrected chi connectivity index (χ1v) is 23.8. The lowest BCUT2D eigenvalue weighted by atomic mass is 9.80. The molecule has 4 fully saturated rings. The van der Waals surface area contributed by atoms with E-state index >= 15 is 0 Å². The van der Waals surface area contributed by atoms with Gasteiger partial charge in [-0.25, -0.2) is 9.97 Å². The number of hydrogen-bond donors (Lipinski definition) is 4. The molecule has 0 radical (unpaired) electrons. The van der Waals surface area contributed by atoms with Gasteiger partial charge in [-0.1, -0.05) is 35.9 Å². The molecule has 2 aromatic heterocycles. The van der Waals surface area contributed by atoms with Crippen molar-refractivity contribution < 1.29 is 29.4 Å². The number of amides is 2. The van der Waals surface area contributed by atoms with Gasteiger partial charge in [0.05, 0.1) is 27.5 Å². The fourth-order valence-corrected chi connectivity index (χ4v) is 13.1. The average Bonchev–Trinajstić information content (AvgIpc) is 4.18. The van der Waals surface area contributed by atoms with Crippen LogP contribution in [0.25, 0.3) is 11.1 Å². The number of fused-ring (bicyclic) bond motifs is 6. The standard InChI is InChI=1S/C49H59ClN8O5.CH4O/c1-31-32(6-4-8-34(31)53-43(60)41-51-36-27-58(23-11-38(36)55(41)2)25-21-47-16-18-49(29-47,19-17-47)45(62)63)33-7-5-9-35(40(33)50)54-44(61)42-52-37-26-57(22-10-39(37)56(42)3)24-20-46-12-14-48(28-46,30-59)15-13-46;1-2/h4-9,30H,10-29H2,1-3H3,(H,53,60)(H,54,61)(H,62,63);2H,1H3. The van der Waals surface area contributed by atoms with Gasteiger partial charge >= 0.3 is 5.97 Å². The number of benzene rings is 2. The van der Waals surface area contributed by atoms with Crippen molar-refractivity contribution in [2.24, 2.45) is 35.8 Å². The lowest BCUT2D eigenvalue weighted by Gasteiger charge is -2.32. The van der Waals surface area contributed by atoms with Crippen molar-refractivity contribution in [3.8, 4) is 11.1 Å². The van der Waals surface area contributed by atoms with Gasteiger partial charge in [-0.2, -0.15) is 0 Å². The molecule has 14 nitrogen and oxygen atoms in total. The van der Waals surface area contributed by atoms with Gasteiger partial charge in [0.1, 0.15) is 6.29 Å². The molecule has 10 rings (SSSR count). The van der Waals surface area contributed by atoms with E-state index in [0.717, 1.165) is 163 Å². The largest absolute Gasteiger partial charge is 0.481 e. The number of carbonyl (C=O) groups is 4. The first-order valence-electron chi connectivity index (χ1n) is 23.4. The number of carboxylic acid groups (broad SMARTS) is 1. The monoisotopic (exact) mass is 906 g/mol. The highest BCUT2D eigenvalue weighted by molar-refractivity contribution is 6.36.